The van der Waals surface area contributed by atoms with Crippen LogP contribution in [0.2, 0.25) is 0 Å². The van der Waals surface area contributed by atoms with E-state index in [1.165, 1.54) is 77.0 Å². The molecule has 2 unspecified atom stereocenters. The molecule has 2 fully saturated rings. The molecule has 1 aromatic heterocycles. The molecule has 0 N–H and O–H groups in total. The number of hydrogen-bond acceptors (Lipinski definition) is 7. The van der Waals surface area contributed by atoms with Crippen LogP contribution in [0.5, 0.6) is 23.0 Å². The SMILES string of the molecule is CCCCCCCCCOc1cc2oc3cc(OCCCCCCCCC)c(OCC4CO4)cc3c2cc1OCC1CO1. The summed E-state index contributed by atoms with van der Waals surface area (Å²) in [5.41, 5.74) is 1.53. The molecule has 7 nitrogen and oxygen atoms in total. The lowest BCUT2D eigenvalue weighted by molar-refractivity contribution is 0.239. The van der Waals surface area contributed by atoms with Crippen LogP contribution in [-0.2, 0) is 9.47 Å². The average Bonchev–Trinajstić information content (AvgIpc) is 3.95. The van der Waals surface area contributed by atoms with Crippen LogP contribution in [0.15, 0.2) is 28.7 Å². The summed E-state index contributed by atoms with van der Waals surface area (Å²) >= 11 is 0. The Hall–Kier alpha value is -2.64. The number of benzene rings is 2. The predicted molar refractivity (Wildman–Crippen MR) is 171 cm³/mol. The van der Waals surface area contributed by atoms with Crippen molar-refractivity contribution >= 4 is 21.9 Å². The van der Waals surface area contributed by atoms with Crippen molar-refractivity contribution in [2.24, 2.45) is 0 Å². The number of rotatable bonds is 24. The zero-order valence-electron chi connectivity index (χ0n) is 26.5. The first-order valence-corrected chi connectivity index (χ1v) is 17.0. The van der Waals surface area contributed by atoms with E-state index in [1.54, 1.807) is 0 Å². The molecule has 0 saturated carbocycles. The summed E-state index contributed by atoms with van der Waals surface area (Å²) < 4.78 is 42.1. The summed E-state index contributed by atoms with van der Waals surface area (Å²) in [4.78, 5) is 0. The Kier molecular flexibility index (Phi) is 12.6. The van der Waals surface area contributed by atoms with E-state index in [1.807, 2.05) is 24.3 Å². The molecule has 0 amide bonds. The molecule has 2 aromatic carbocycles. The Morgan fingerprint density at radius 1 is 0.512 bits per heavy atom. The van der Waals surface area contributed by atoms with E-state index >= 15 is 0 Å². The van der Waals surface area contributed by atoms with Gasteiger partial charge in [0.05, 0.1) is 26.4 Å². The second-order valence-corrected chi connectivity index (χ2v) is 12.2. The van der Waals surface area contributed by atoms with Gasteiger partial charge in [0.2, 0.25) is 0 Å². The molecular weight excluding hydrogens is 544 g/mol. The van der Waals surface area contributed by atoms with Gasteiger partial charge in [-0.1, -0.05) is 90.9 Å². The fraction of sp³-hybridized carbons (Fsp3) is 0.667. The first-order valence-electron chi connectivity index (χ1n) is 17.0. The maximum absolute atomic E-state index is 6.36. The minimum Gasteiger partial charge on any atom is -0.490 e. The first kappa shape index (κ1) is 31.8. The van der Waals surface area contributed by atoms with Crippen LogP contribution in [0.3, 0.4) is 0 Å². The van der Waals surface area contributed by atoms with E-state index in [-0.39, 0.29) is 12.2 Å². The maximum atomic E-state index is 6.36. The fourth-order valence-electron chi connectivity index (χ4n) is 5.42. The van der Waals surface area contributed by atoms with Crippen molar-refractivity contribution < 1.29 is 32.8 Å². The molecule has 0 spiro atoms. The Morgan fingerprint density at radius 3 is 1.28 bits per heavy atom. The molecular formula is C36H52O7. The van der Waals surface area contributed by atoms with Gasteiger partial charge in [-0.05, 0) is 25.0 Å². The van der Waals surface area contributed by atoms with E-state index in [0.29, 0.717) is 26.4 Å². The van der Waals surface area contributed by atoms with E-state index in [9.17, 15) is 0 Å². The Balaban J connectivity index is 1.28. The van der Waals surface area contributed by atoms with Crippen molar-refractivity contribution in [3.63, 3.8) is 0 Å². The van der Waals surface area contributed by atoms with Gasteiger partial charge in [0.15, 0.2) is 23.0 Å². The van der Waals surface area contributed by atoms with E-state index in [0.717, 1.165) is 71.0 Å². The Labute approximate surface area is 257 Å². The molecule has 0 aliphatic carbocycles. The number of epoxide rings is 2. The number of hydrogen-bond donors (Lipinski definition) is 0. The third-order valence-electron chi connectivity index (χ3n) is 8.27. The predicted octanol–water partition coefficient (Wildman–Crippen LogP) is 9.40. The summed E-state index contributed by atoms with van der Waals surface area (Å²) in [5, 5.41) is 1.94. The first-order chi connectivity index (χ1) is 21.2. The second kappa shape index (κ2) is 17.0. The number of unbranched alkanes of at least 4 members (excludes halogenated alkanes) is 12. The molecule has 238 valence electrons. The number of ether oxygens (including phenoxy) is 6. The van der Waals surface area contributed by atoms with Crippen LogP contribution in [0.4, 0.5) is 0 Å². The Morgan fingerprint density at radius 2 is 0.884 bits per heavy atom. The van der Waals surface area contributed by atoms with Crippen LogP contribution in [0.1, 0.15) is 104 Å². The third kappa shape index (κ3) is 10.2. The highest BCUT2D eigenvalue weighted by Crippen LogP contribution is 2.42. The van der Waals surface area contributed by atoms with Gasteiger partial charge >= 0.3 is 0 Å². The van der Waals surface area contributed by atoms with Gasteiger partial charge in [-0.15, -0.1) is 0 Å². The monoisotopic (exact) mass is 596 g/mol. The van der Waals surface area contributed by atoms with Crippen molar-refractivity contribution in [1.82, 2.24) is 0 Å². The molecule has 2 atom stereocenters. The van der Waals surface area contributed by atoms with Gasteiger partial charge in [0.25, 0.3) is 0 Å². The van der Waals surface area contributed by atoms with E-state index in [4.69, 9.17) is 32.8 Å². The lowest BCUT2D eigenvalue weighted by atomic mass is 10.1. The molecule has 2 aliphatic rings. The summed E-state index contributed by atoms with van der Waals surface area (Å²) in [6.45, 7) is 8.35. The molecule has 3 heterocycles. The van der Waals surface area contributed by atoms with Crippen molar-refractivity contribution in [2.45, 2.75) is 116 Å². The van der Waals surface area contributed by atoms with Crippen molar-refractivity contribution in [2.75, 3.05) is 39.6 Å². The van der Waals surface area contributed by atoms with Crippen molar-refractivity contribution in [1.29, 1.82) is 0 Å². The highest BCUT2D eigenvalue weighted by atomic mass is 16.6. The minimum absolute atomic E-state index is 0.161. The van der Waals surface area contributed by atoms with Crippen molar-refractivity contribution in [3.05, 3.63) is 24.3 Å². The lowest BCUT2D eigenvalue weighted by Crippen LogP contribution is -2.07. The van der Waals surface area contributed by atoms with Crippen LogP contribution in [-0.4, -0.2) is 51.8 Å². The molecule has 0 radical (unpaired) electrons. The van der Waals surface area contributed by atoms with Gasteiger partial charge in [0, 0.05) is 22.9 Å². The summed E-state index contributed by atoms with van der Waals surface area (Å²) in [6, 6.07) is 8.02. The second-order valence-electron chi connectivity index (χ2n) is 12.2. The third-order valence-corrected chi connectivity index (χ3v) is 8.27. The molecule has 2 aliphatic heterocycles. The fourth-order valence-corrected chi connectivity index (χ4v) is 5.42. The zero-order valence-corrected chi connectivity index (χ0v) is 26.5. The molecule has 3 aromatic rings. The zero-order chi connectivity index (χ0) is 29.7. The molecule has 2 saturated heterocycles. The van der Waals surface area contributed by atoms with Crippen molar-refractivity contribution in [3.8, 4) is 23.0 Å². The van der Waals surface area contributed by atoms with Crippen LogP contribution >= 0.6 is 0 Å². The number of fused-ring (bicyclic) bond motifs is 3. The summed E-state index contributed by atoms with van der Waals surface area (Å²) in [5.74, 6) is 2.88. The molecule has 5 rings (SSSR count). The van der Waals surface area contributed by atoms with Gasteiger partial charge in [-0.2, -0.15) is 0 Å². The highest BCUT2D eigenvalue weighted by Gasteiger charge is 2.26. The van der Waals surface area contributed by atoms with Crippen LogP contribution in [0.25, 0.3) is 21.9 Å². The van der Waals surface area contributed by atoms with Gasteiger partial charge < -0.3 is 32.8 Å². The molecule has 0 bridgehead atoms. The van der Waals surface area contributed by atoms with E-state index in [2.05, 4.69) is 13.8 Å². The van der Waals surface area contributed by atoms with Crippen LogP contribution in [0, 0.1) is 0 Å². The molecule has 43 heavy (non-hydrogen) atoms. The standard InChI is InChI=1S/C36H52O7/c1-3-5-7-9-11-13-15-17-37-35-21-31-29(19-33(35)41-25-27-23-39-27)30-20-34(42-26-28-24-40-28)36(22-32(30)43-31)38-18-16-14-12-10-8-6-4-2/h19-22,27-28H,3-18,23-26H2,1-2H3. The maximum Gasteiger partial charge on any atom is 0.164 e. The van der Waals surface area contributed by atoms with Crippen LogP contribution < -0.4 is 18.9 Å². The summed E-state index contributed by atoms with van der Waals surface area (Å²) in [7, 11) is 0. The largest absolute Gasteiger partial charge is 0.490 e. The minimum atomic E-state index is 0.161. The smallest absolute Gasteiger partial charge is 0.164 e. The Bertz CT molecular complexity index is 1150. The lowest BCUT2D eigenvalue weighted by Gasteiger charge is -2.13. The summed E-state index contributed by atoms with van der Waals surface area (Å²) in [6.07, 6.45) is 17.7. The topological polar surface area (TPSA) is 75.1 Å². The van der Waals surface area contributed by atoms with Gasteiger partial charge in [-0.3, -0.25) is 0 Å². The normalized spacial score (nSPS) is 17.4. The molecule has 7 heteroatoms. The van der Waals surface area contributed by atoms with E-state index < -0.39 is 0 Å². The number of furan rings is 1. The van der Waals surface area contributed by atoms with Gasteiger partial charge in [-0.25, -0.2) is 0 Å². The average molecular weight is 597 g/mol. The highest BCUT2D eigenvalue weighted by molar-refractivity contribution is 6.07. The quantitative estimate of drug-likeness (QED) is 0.0753. The van der Waals surface area contributed by atoms with Gasteiger partial charge in [0.1, 0.15) is 36.6 Å².